The Balaban J connectivity index is 1.47. The molecule has 4 fully saturated rings. The molecule has 1 aromatic rings. The number of benzene rings is 1. The van der Waals surface area contributed by atoms with Crippen LogP contribution in [0.15, 0.2) is 30.3 Å². The highest BCUT2D eigenvalue weighted by Crippen LogP contribution is 2.62. The molecule has 3 N–H and O–H groups in total. The van der Waals surface area contributed by atoms with Crippen LogP contribution in [0.1, 0.15) is 63.5 Å². The van der Waals surface area contributed by atoms with Crippen LogP contribution in [0.25, 0.3) is 0 Å². The number of nitrogens with one attached hydrogen (secondary N) is 2. The third kappa shape index (κ3) is 4.36. The number of amides is 3. The summed E-state index contributed by atoms with van der Waals surface area (Å²) in [7, 11) is 0. The summed E-state index contributed by atoms with van der Waals surface area (Å²) in [5.74, 6) is -0.199. The molecule has 162 valence electrons. The average Bonchev–Trinajstić information content (AvgIpc) is 2.64. The van der Waals surface area contributed by atoms with Crippen LogP contribution in [0.5, 0.6) is 0 Å². The normalized spacial score (nSPS) is 32.3. The predicted molar refractivity (Wildman–Crippen MR) is 109 cm³/mol. The number of ether oxygens (including phenoxy) is 1. The van der Waals surface area contributed by atoms with Crippen molar-refractivity contribution in [3.05, 3.63) is 35.9 Å². The first kappa shape index (κ1) is 20.8. The van der Waals surface area contributed by atoms with Gasteiger partial charge in [-0.15, -0.1) is 0 Å². The molecule has 0 aliphatic heterocycles. The average molecular weight is 415 g/mol. The molecule has 1 aromatic carbocycles. The van der Waals surface area contributed by atoms with E-state index in [2.05, 4.69) is 10.6 Å². The number of esters is 1. The fourth-order valence-corrected chi connectivity index (χ4v) is 6.37. The maximum absolute atomic E-state index is 12.9. The molecule has 0 aromatic heterocycles. The lowest BCUT2D eigenvalue weighted by atomic mass is 9.47. The first-order valence-corrected chi connectivity index (χ1v) is 10.9. The fourth-order valence-electron chi connectivity index (χ4n) is 6.37. The Hall–Kier alpha value is -2.41. The van der Waals surface area contributed by atoms with Crippen molar-refractivity contribution in [2.75, 3.05) is 6.54 Å². The lowest BCUT2D eigenvalue weighted by Gasteiger charge is -2.60. The highest BCUT2D eigenvalue weighted by molar-refractivity contribution is 5.97. The number of hydrogen-bond donors (Lipinski definition) is 3. The lowest BCUT2D eigenvalue weighted by molar-refractivity contribution is -0.180. The van der Waals surface area contributed by atoms with Crippen LogP contribution in [0.4, 0.5) is 4.79 Å². The van der Waals surface area contributed by atoms with Crippen molar-refractivity contribution in [3.63, 3.8) is 0 Å². The van der Waals surface area contributed by atoms with Crippen molar-refractivity contribution in [1.82, 2.24) is 10.6 Å². The van der Waals surface area contributed by atoms with Gasteiger partial charge in [-0.3, -0.25) is 14.9 Å². The highest BCUT2D eigenvalue weighted by atomic mass is 16.5. The summed E-state index contributed by atoms with van der Waals surface area (Å²) < 4.78 is 5.64. The second-order valence-corrected chi connectivity index (χ2v) is 9.49. The smallest absolute Gasteiger partial charge is 0.321 e. The van der Waals surface area contributed by atoms with Gasteiger partial charge in [0.15, 0.2) is 0 Å². The summed E-state index contributed by atoms with van der Waals surface area (Å²) in [5, 5.41) is 15.7. The third-order valence-corrected chi connectivity index (χ3v) is 6.83. The highest BCUT2D eigenvalue weighted by Gasteiger charge is 2.57. The Morgan fingerprint density at radius 1 is 1.13 bits per heavy atom. The van der Waals surface area contributed by atoms with Crippen LogP contribution in [-0.4, -0.2) is 35.2 Å². The lowest BCUT2D eigenvalue weighted by Crippen LogP contribution is -2.56. The Morgan fingerprint density at radius 2 is 1.80 bits per heavy atom. The van der Waals surface area contributed by atoms with E-state index in [9.17, 15) is 19.5 Å². The van der Waals surface area contributed by atoms with E-state index in [1.807, 2.05) is 0 Å². The van der Waals surface area contributed by atoms with Gasteiger partial charge in [0.2, 0.25) is 6.10 Å². The largest absolute Gasteiger partial charge is 0.447 e. The van der Waals surface area contributed by atoms with Gasteiger partial charge >= 0.3 is 12.0 Å². The Labute approximate surface area is 176 Å². The summed E-state index contributed by atoms with van der Waals surface area (Å²) in [5.41, 5.74) is -0.386. The first-order valence-electron chi connectivity index (χ1n) is 10.9. The summed E-state index contributed by atoms with van der Waals surface area (Å²) in [6, 6.07) is 8.09. The van der Waals surface area contributed by atoms with Crippen LogP contribution < -0.4 is 10.6 Å². The molecule has 0 spiro atoms. The van der Waals surface area contributed by atoms with Gasteiger partial charge < -0.3 is 15.2 Å². The van der Waals surface area contributed by atoms with E-state index in [0.29, 0.717) is 30.4 Å². The van der Waals surface area contributed by atoms with E-state index >= 15 is 0 Å². The van der Waals surface area contributed by atoms with Gasteiger partial charge in [0.1, 0.15) is 0 Å². The Morgan fingerprint density at radius 3 is 2.40 bits per heavy atom. The number of urea groups is 1. The van der Waals surface area contributed by atoms with Gasteiger partial charge in [-0.2, -0.15) is 0 Å². The second-order valence-electron chi connectivity index (χ2n) is 9.49. The SMILES string of the molecule is CCNC(=O)NC(=O)[C@@H](OC(=O)CC12C[C@@H]3C[C@@H](CC(O)(C3)C1)C2)c1ccccc1. The molecule has 30 heavy (non-hydrogen) atoms. The fraction of sp³-hybridized carbons (Fsp3) is 0.609. The molecule has 5 rings (SSSR count). The standard InChI is InChI=1S/C23H30N2O5/c1-2-24-21(28)25-20(27)19(17-6-4-3-5-7-17)30-18(26)13-22-9-15-8-16(10-22)12-23(29,11-15)14-22/h3-7,15-16,19,29H,2,8-14H2,1H3,(H2,24,25,27,28)/t15-,16+,19-,22?,23?/m0/s1. The molecule has 0 heterocycles. The van der Waals surface area contributed by atoms with Crippen molar-refractivity contribution >= 4 is 17.9 Å². The van der Waals surface area contributed by atoms with Crippen LogP contribution >= 0.6 is 0 Å². The summed E-state index contributed by atoms with van der Waals surface area (Å²) in [4.78, 5) is 37.4. The zero-order chi connectivity index (χ0) is 21.4. The maximum atomic E-state index is 12.9. The molecule has 2 unspecified atom stereocenters. The Kier molecular flexibility index (Phi) is 5.57. The van der Waals surface area contributed by atoms with Crippen LogP contribution in [-0.2, 0) is 14.3 Å². The molecule has 0 radical (unpaired) electrons. The molecule has 4 aliphatic carbocycles. The second kappa shape index (κ2) is 8.02. The molecule has 4 saturated carbocycles. The maximum Gasteiger partial charge on any atom is 0.321 e. The minimum Gasteiger partial charge on any atom is -0.447 e. The van der Waals surface area contributed by atoms with E-state index in [4.69, 9.17) is 4.74 Å². The van der Waals surface area contributed by atoms with Gasteiger partial charge in [-0.1, -0.05) is 30.3 Å². The first-order chi connectivity index (χ1) is 14.3. The van der Waals surface area contributed by atoms with E-state index in [1.54, 1.807) is 37.3 Å². The number of aliphatic hydroxyl groups is 1. The molecule has 0 saturated heterocycles. The van der Waals surface area contributed by atoms with Gasteiger partial charge in [0.25, 0.3) is 5.91 Å². The molecule has 4 bridgehead atoms. The number of carbonyl (C=O) groups excluding carboxylic acids is 3. The van der Waals surface area contributed by atoms with Crippen molar-refractivity contribution in [2.45, 2.75) is 63.6 Å². The van der Waals surface area contributed by atoms with Gasteiger partial charge in [-0.25, -0.2) is 4.79 Å². The Bertz CT molecular complexity index is 810. The predicted octanol–water partition coefficient (Wildman–Crippen LogP) is 2.84. The van der Waals surface area contributed by atoms with Gasteiger partial charge in [-0.05, 0) is 62.7 Å². The number of imide groups is 1. The van der Waals surface area contributed by atoms with E-state index < -0.39 is 29.6 Å². The zero-order valence-corrected chi connectivity index (χ0v) is 17.4. The zero-order valence-electron chi connectivity index (χ0n) is 17.4. The minimum absolute atomic E-state index is 0.195. The summed E-state index contributed by atoms with van der Waals surface area (Å²) in [6.07, 6.45) is 4.30. The van der Waals surface area contributed by atoms with Crippen LogP contribution in [0, 0.1) is 17.3 Å². The number of hydrogen-bond acceptors (Lipinski definition) is 5. The van der Waals surface area contributed by atoms with Crippen molar-refractivity contribution in [3.8, 4) is 0 Å². The van der Waals surface area contributed by atoms with Crippen molar-refractivity contribution in [2.24, 2.45) is 17.3 Å². The quantitative estimate of drug-likeness (QED) is 0.621. The number of rotatable bonds is 6. The van der Waals surface area contributed by atoms with Crippen molar-refractivity contribution < 1.29 is 24.2 Å². The van der Waals surface area contributed by atoms with Crippen LogP contribution in [0.2, 0.25) is 0 Å². The molecule has 3 amide bonds. The minimum atomic E-state index is -1.20. The van der Waals surface area contributed by atoms with Gasteiger partial charge in [0, 0.05) is 12.1 Å². The summed E-state index contributed by atoms with van der Waals surface area (Å²) in [6.45, 7) is 2.13. The van der Waals surface area contributed by atoms with Crippen LogP contribution in [0.3, 0.4) is 0 Å². The number of carbonyl (C=O) groups is 3. The topological polar surface area (TPSA) is 105 Å². The molecular formula is C23H30N2O5. The third-order valence-electron chi connectivity index (χ3n) is 6.83. The molecule has 4 aliphatic rings. The molecule has 7 nitrogen and oxygen atoms in total. The monoisotopic (exact) mass is 414 g/mol. The molecule has 7 heteroatoms. The van der Waals surface area contributed by atoms with Gasteiger partial charge in [0.05, 0.1) is 12.0 Å². The van der Waals surface area contributed by atoms with E-state index in [0.717, 1.165) is 32.1 Å². The van der Waals surface area contributed by atoms with Crippen molar-refractivity contribution in [1.29, 1.82) is 0 Å². The van der Waals surface area contributed by atoms with E-state index in [-0.39, 0.29) is 11.8 Å². The molecule has 5 atom stereocenters. The summed E-state index contributed by atoms with van der Waals surface area (Å²) >= 11 is 0. The van der Waals surface area contributed by atoms with E-state index in [1.165, 1.54) is 0 Å². The molecular weight excluding hydrogens is 384 g/mol.